The molecule has 292 valence electrons. The molecule has 0 spiro atoms. The average Bonchev–Trinajstić information content (AvgIpc) is 3.15. The average molecular weight is 733 g/mol. The standard InChI is InChI=1S/C34H60N12O6/c35-29(36)27(23-7-11-39-12-8-23)41-31(47)43-15-19-45(20-16-43)33(49)51-25-3-1-4-26(6-2-5-25)52-34(50)46-21-17-44(18-22-46)32(48)42-28(30(37)38)24-9-13-40-14-10-24/h23-28,39-40H,1-22H2,(H3,35,36)(H3,37,38)(H,41,47)(H,42,48). The van der Waals surface area contributed by atoms with Crippen LogP contribution in [0, 0.1) is 22.7 Å². The van der Waals surface area contributed by atoms with Crippen molar-refractivity contribution in [2.24, 2.45) is 23.3 Å². The lowest BCUT2D eigenvalue weighted by Crippen LogP contribution is -2.58. The van der Waals surface area contributed by atoms with Gasteiger partial charge in [-0.05, 0) is 102 Å². The molecule has 0 radical (unpaired) electrons. The summed E-state index contributed by atoms with van der Waals surface area (Å²) in [7, 11) is 0. The highest BCUT2D eigenvalue weighted by atomic mass is 16.6. The molecule has 10 N–H and O–H groups in total. The van der Waals surface area contributed by atoms with Gasteiger partial charge in [0.25, 0.3) is 0 Å². The van der Waals surface area contributed by atoms with E-state index in [9.17, 15) is 19.2 Å². The molecule has 18 heteroatoms. The Hall–Kier alpha value is -4.06. The van der Waals surface area contributed by atoms with Gasteiger partial charge in [0, 0.05) is 52.4 Å². The Morgan fingerprint density at radius 3 is 1.15 bits per heavy atom. The summed E-state index contributed by atoms with van der Waals surface area (Å²) >= 11 is 0. The van der Waals surface area contributed by atoms with E-state index >= 15 is 0 Å². The minimum atomic E-state index is -0.493. The molecule has 6 amide bonds. The topological polar surface area (TPSA) is 248 Å². The maximum Gasteiger partial charge on any atom is 0.410 e. The van der Waals surface area contributed by atoms with Crippen molar-refractivity contribution < 1.29 is 28.7 Å². The van der Waals surface area contributed by atoms with Gasteiger partial charge in [-0.2, -0.15) is 0 Å². The quantitative estimate of drug-likeness (QED) is 0.128. The number of hydrogen-bond donors (Lipinski definition) is 8. The summed E-state index contributed by atoms with van der Waals surface area (Å²) in [6, 6.07) is -1.52. The number of amides is 6. The van der Waals surface area contributed by atoms with Gasteiger partial charge in [0.1, 0.15) is 23.9 Å². The van der Waals surface area contributed by atoms with Crippen LogP contribution in [0.1, 0.15) is 64.2 Å². The van der Waals surface area contributed by atoms with Gasteiger partial charge in [0.15, 0.2) is 0 Å². The van der Waals surface area contributed by atoms with E-state index in [1.165, 1.54) is 0 Å². The van der Waals surface area contributed by atoms with Gasteiger partial charge in [0.2, 0.25) is 0 Å². The molecule has 0 aromatic heterocycles. The molecule has 0 aromatic rings. The fourth-order valence-electron chi connectivity index (χ4n) is 7.99. The second kappa shape index (κ2) is 19.1. The van der Waals surface area contributed by atoms with Crippen molar-refractivity contribution in [3.63, 3.8) is 0 Å². The van der Waals surface area contributed by atoms with Crippen LogP contribution in [0.2, 0.25) is 0 Å². The number of ether oxygens (including phenoxy) is 2. The van der Waals surface area contributed by atoms with Crippen LogP contribution in [-0.2, 0) is 9.47 Å². The van der Waals surface area contributed by atoms with Gasteiger partial charge in [0.05, 0.1) is 12.1 Å². The molecule has 1 saturated carbocycles. The molecule has 0 aromatic carbocycles. The summed E-state index contributed by atoms with van der Waals surface area (Å²) < 4.78 is 11.8. The first-order valence-corrected chi connectivity index (χ1v) is 19.2. The first-order valence-electron chi connectivity index (χ1n) is 19.2. The lowest BCUT2D eigenvalue weighted by Gasteiger charge is -2.37. The van der Waals surface area contributed by atoms with E-state index < -0.39 is 12.1 Å². The van der Waals surface area contributed by atoms with E-state index in [-0.39, 0.29) is 60.0 Å². The predicted octanol–water partition coefficient (Wildman–Crippen LogP) is 0.614. The molecule has 5 aliphatic rings. The number of carbonyl (C=O) groups excluding carboxylic acids is 4. The molecule has 2 atom stereocenters. The van der Waals surface area contributed by atoms with E-state index in [1.807, 2.05) is 0 Å². The Labute approximate surface area is 306 Å². The summed E-state index contributed by atoms with van der Waals surface area (Å²) in [5, 5.41) is 28.5. The van der Waals surface area contributed by atoms with Crippen molar-refractivity contribution in [1.29, 1.82) is 10.8 Å². The lowest BCUT2D eigenvalue weighted by atomic mass is 9.89. The van der Waals surface area contributed by atoms with E-state index in [0.29, 0.717) is 78.0 Å². The van der Waals surface area contributed by atoms with Crippen LogP contribution in [0.15, 0.2) is 0 Å². The van der Waals surface area contributed by atoms with Crippen molar-refractivity contribution in [3.8, 4) is 0 Å². The van der Waals surface area contributed by atoms with Crippen LogP contribution in [0.25, 0.3) is 0 Å². The third-order valence-electron chi connectivity index (χ3n) is 11.2. The number of nitrogens with one attached hydrogen (secondary N) is 6. The molecular formula is C34H60N12O6. The Morgan fingerprint density at radius 2 is 0.846 bits per heavy atom. The molecule has 52 heavy (non-hydrogen) atoms. The summed E-state index contributed by atoms with van der Waals surface area (Å²) in [6.07, 6.45) is 6.42. The molecule has 18 nitrogen and oxygen atoms in total. The molecular weight excluding hydrogens is 672 g/mol. The Morgan fingerprint density at radius 1 is 0.538 bits per heavy atom. The number of urea groups is 2. The van der Waals surface area contributed by atoms with Gasteiger partial charge >= 0.3 is 24.2 Å². The number of piperidine rings is 2. The summed E-state index contributed by atoms with van der Waals surface area (Å²) in [5.74, 6) is 0.198. The molecule has 5 fully saturated rings. The van der Waals surface area contributed by atoms with Crippen LogP contribution in [0.4, 0.5) is 19.2 Å². The maximum atomic E-state index is 13.0. The van der Waals surface area contributed by atoms with Crippen molar-refractivity contribution in [2.75, 3.05) is 78.5 Å². The number of nitrogens with two attached hydrogens (primary N) is 2. The van der Waals surface area contributed by atoms with Crippen molar-refractivity contribution in [2.45, 2.75) is 88.5 Å². The fraction of sp³-hybridized carbons (Fsp3) is 0.824. The van der Waals surface area contributed by atoms with Crippen LogP contribution < -0.4 is 32.7 Å². The Bertz CT molecular complexity index is 1140. The fourth-order valence-corrected chi connectivity index (χ4v) is 7.99. The number of nitrogens with zero attached hydrogens (tertiary/aromatic N) is 4. The summed E-state index contributed by atoms with van der Waals surface area (Å²) in [4.78, 5) is 58.7. The number of rotatable bonds is 8. The van der Waals surface area contributed by atoms with Crippen LogP contribution in [0.3, 0.4) is 0 Å². The third kappa shape index (κ3) is 11.0. The SMILES string of the molecule is N=C(N)C(NC(=O)N1CCN(C(=O)OC2CCCC(OC(=O)N3CCN(C(=O)NC(C(=N)N)C4CCNCC4)CC3)CCC2)CC1)C1CCNCC1. The Balaban J connectivity index is 0.966. The van der Waals surface area contributed by atoms with Gasteiger partial charge in [-0.1, -0.05) is 0 Å². The minimum Gasteiger partial charge on any atom is -0.446 e. The zero-order valence-electron chi connectivity index (χ0n) is 30.4. The van der Waals surface area contributed by atoms with E-state index in [1.54, 1.807) is 19.6 Å². The zero-order valence-corrected chi connectivity index (χ0v) is 30.4. The number of carbonyl (C=O) groups is 4. The number of hydrogen-bond acceptors (Lipinski definition) is 10. The smallest absolute Gasteiger partial charge is 0.410 e. The van der Waals surface area contributed by atoms with E-state index in [0.717, 1.165) is 64.7 Å². The summed E-state index contributed by atoms with van der Waals surface area (Å²) in [5.41, 5.74) is 11.7. The normalized spacial score (nSPS) is 25.2. The van der Waals surface area contributed by atoms with E-state index in [4.69, 9.17) is 31.8 Å². The number of piperazine rings is 2. The van der Waals surface area contributed by atoms with Gasteiger partial charge in [-0.15, -0.1) is 0 Å². The second-order valence-electron chi connectivity index (χ2n) is 14.8. The van der Waals surface area contributed by atoms with Crippen LogP contribution in [0.5, 0.6) is 0 Å². The van der Waals surface area contributed by atoms with Crippen molar-refractivity contribution in [3.05, 3.63) is 0 Å². The zero-order chi connectivity index (χ0) is 37.0. The Kier molecular flexibility index (Phi) is 14.4. The summed E-state index contributed by atoms with van der Waals surface area (Å²) in [6.45, 7) is 6.31. The van der Waals surface area contributed by atoms with E-state index in [2.05, 4.69) is 21.3 Å². The largest absolute Gasteiger partial charge is 0.446 e. The second-order valence-corrected chi connectivity index (χ2v) is 14.8. The van der Waals surface area contributed by atoms with Crippen molar-refractivity contribution >= 4 is 35.9 Å². The minimum absolute atomic E-state index is 0.0311. The molecule has 5 rings (SSSR count). The molecule has 0 bridgehead atoms. The molecule has 4 heterocycles. The highest BCUT2D eigenvalue weighted by Crippen LogP contribution is 2.24. The highest BCUT2D eigenvalue weighted by molar-refractivity contribution is 5.89. The van der Waals surface area contributed by atoms with Gasteiger partial charge in [-0.3, -0.25) is 10.8 Å². The van der Waals surface area contributed by atoms with Gasteiger partial charge in [-0.25, -0.2) is 19.2 Å². The first kappa shape index (κ1) is 39.2. The predicted molar refractivity (Wildman–Crippen MR) is 194 cm³/mol. The molecule has 4 saturated heterocycles. The van der Waals surface area contributed by atoms with Crippen LogP contribution in [-0.4, -0.2) is 158 Å². The lowest BCUT2D eigenvalue weighted by molar-refractivity contribution is 0.0196. The molecule has 4 aliphatic heterocycles. The highest BCUT2D eigenvalue weighted by Gasteiger charge is 2.34. The molecule has 2 unspecified atom stereocenters. The molecule has 1 aliphatic carbocycles. The number of amidine groups is 2. The van der Waals surface area contributed by atoms with Crippen LogP contribution >= 0.6 is 0 Å². The van der Waals surface area contributed by atoms with Gasteiger partial charge < -0.3 is 61.8 Å². The first-order chi connectivity index (χ1) is 25.1. The third-order valence-corrected chi connectivity index (χ3v) is 11.2. The monoisotopic (exact) mass is 732 g/mol. The maximum absolute atomic E-state index is 13.0. The van der Waals surface area contributed by atoms with Crippen molar-refractivity contribution in [1.82, 2.24) is 40.9 Å².